The van der Waals surface area contributed by atoms with Crippen molar-refractivity contribution in [1.29, 1.82) is 0 Å². The SMILES string of the molecule is Cc1nc(NCc2cnc(C)s2)cc(OCC2CC2c2ccc3ncccc3n2)n1. The van der Waals surface area contributed by atoms with Gasteiger partial charge in [0.25, 0.3) is 0 Å². The average Bonchev–Trinajstić information content (AvgIpc) is 3.42. The Morgan fingerprint density at radius 1 is 1.10 bits per heavy atom. The maximum Gasteiger partial charge on any atom is 0.218 e. The molecular formula is C22H22N6OS. The summed E-state index contributed by atoms with van der Waals surface area (Å²) >= 11 is 1.68. The van der Waals surface area contributed by atoms with Crippen LogP contribution in [0.1, 0.15) is 33.7 Å². The third-order valence-corrected chi connectivity index (χ3v) is 6.07. The van der Waals surface area contributed by atoms with Gasteiger partial charge < -0.3 is 10.1 Å². The molecule has 4 heterocycles. The fourth-order valence-corrected chi connectivity index (χ4v) is 4.27. The molecule has 1 fully saturated rings. The Morgan fingerprint density at radius 3 is 2.90 bits per heavy atom. The summed E-state index contributed by atoms with van der Waals surface area (Å²) in [7, 11) is 0. The Balaban J connectivity index is 1.19. The molecule has 5 rings (SSSR count). The second-order valence-corrected chi connectivity index (χ2v) is 8.85. The van der Waals surface area contributed by atoms with E-state index in [-0.39, 0.29) is 0 Å². The Labute approximate surface area is 178 Å². The van der Waals surface area contributed by atoms with Crippen LogP contribution in [0.25, 0.3) is 11.0 Å². The van der Waals surface area contributed by atoms with E-state index in [0.717, 1.165) is 34.0 Å². The van der Waals surface area contributed by atoms with E-state index in [9.17, 15) is 0 Å². The Bertz CT molecular complexity index is 1190. The summed E-state index contributed by atoms with van der Waals surface area (Å²) in [6.45, 7) is 5.20. The predicted molar refractivity (Wildman–Crippen MR) is 117 cm³/mol. The minimum absolute atomic E-state index is 0.435. The van der Waals surface area contributed by atoms with Gasteiger partial charge in [0.15, 0.2) is 0 Å². The Hall–Kier alpha value is -3.13. The number of fused-ring (bicyclic) bond motifs is 1. The highest BCUT2D eigenvalue weighted by Crippen LogP contribution is 2.47. The maximum atomic E-state index is 6.01. The molecule has 1 saturated carbocycles. The van der Waals surface area contributed by atoms with Gasteiger partial charge in [-0.2, -0.15) is 4.98 Å². The van der Waals surface area contributed by atoms with Crippen molar-refractivity contribution in [2.45, 2.75) is 32.7 Å². The molecular weight excluding hydrogens is 396 g/mol. The molecule has 0 aromatic carbocycles. The fourth-order valence-electron chi connectivity index (χ4n) is 3.54. The van der Waals surface area contributed by atoms with Gasteiger partial charge in [0.2, 0.25) is 5.88 Å². The summed E-state index contributed by atoms with van der Waals surface area (Å²) in [5.41, 5.74) is 2.99. The first kappa shape index (κ1) is 18.9. The van der Waals surface area contributed by atoms with E-state index in [0.29, 0.717) is 36.7 Å². The third kappa shape index (κ3) is 4.23. The lowest BCUT2D eigenvalue weighted by molar-refractivity contribution is 0.284. The number of hydrogen-bond donors (Lipinski definition) is 1. The Kier molecular flexibility index (Phi) is 5.00. The molecule has 1 aliphatic carbocycles. The van der Waals surface area contributed by atoms with Crippen LogP contribution in [0.15, 0.2) is 42.7 Å². The van der Waals surface area contributed by atoms with Crippen LogP contribution in [0.5, 0.6) is 5.88 Å². The fraction of sp³-hybridized carbons (Fsp3) is 0.318. The molecule has 2 unspecified atom stereocenters. The lowest BCUT2D eigenvalue weighted by Crippen LogP contribution is -2.07. The van der Waals surface area contributed by atoms with Crippen molar-refractivity contribution in [3.63, 3.8) is 0 Å². The van der Waals surface area contributed by atoms with Crippen molar-refractivity contribution in [2.75, 3.05) is 11.9 Å². The number of anilines is 1. The van der Waals surface area contributed by atoms with Crippen molar-refractivity contribution in [1.82, 2.24) is 24.9 Å². The number of thiazole rings is 1. The molecule has 30 heavy (non-hydrogen) atoms. The number of hydrogen-bond acceptors (Lipinski definition) is 8. The molecule has 4 aromatic rings. The number of pyridine rings is 2. The van der Waals surface area contributed by atoms with Crippen LogP contribution in [-0.4, -0.2) is 31.5 Å². The van der Waals surface area contributed by atoms with Crippen LogP contribution >= 0.6 is 11.3 Å². The van der Waals surface area contributed by atoms with Crippen LogP contribution in [0.3, 0.4) is 0 Å². The van der Waals surface area contributed by atoms with Gasteiger partial charge in [-0.3, -0.25) is 9.97 Å². The van der Waals surface area contributed by atoms with Crippen LogP contribution in [0, 0.1) is 19.8 Å². The lowest BCUT2D eigenvalue weighted by atomic mass is 10.2. The largest absolute Gasteiger partial charge is 0.477 e. The standard InChI is InChI=1S/C22H22N6OS/c1-13-26-21(25-11-16-10-24-14(2)30-16)9-22(27-13)29-12-15-8-17(15)18-5-6-19-20(28-18)4-3-7-23-19/h3-7,9-10,15,17H,8,11-12H2,1-2H3,(H,25,26,27). The number of nitrogens with zero attached hydrogens (tertiary/aromatic N) is 5. The number of ether oxygens (including phenoxy) is 1. The highest BCUT2D eigenvalue weighted by Gasteiger charge is 2.40. The molecule has 4 aromatic heterocycles. The van der Waals surface area contributed by atoms with Gasteiger partial charge in [-0.15, -0.1) is 11.3 Å². The summed E-state index contributed by atoms with van der Waals surface area (Å²) in [5.74, 6) is 2.95. The minimum atomic E-state index is 0.435. The normalized spacial score (nSPS) is 17.8. The van der Waals surface area contributed by atoms with E-state index in [1.165, 1.54) is 4.88 Å². The highest BCUT2D eigenvalue weighted by molar-refractivity contribution is 7.11. The van der Waals surface area contributed by atoms with Crippen LogP contribution in [0.2, 0.25) is 0 Å². The number of aromatic nitrogens is 5. The second-order valence-electron chi connectivity index (χ2n) is 7.53. The molecule has 0 spiro atoms. The van der Waals surface area contributed by atoms with E-state index >= 15 is 0 Å². The monoisotopic (exact) mass is 418 g/mol. The first-order chi connectivity index (χ1) is 14.6. The molecule has 152 valence electrons. The van der Waals surface area contributed by atoms with Crippen molar-refractivity contribution in [3.05, 3.63) is 64.1 Å². The molecule has 1 aliphatic rings. The quantitative estimate of drug-likeness (QED) is 0.479. The van der Waals surface area contributed by atoms with Gasteiger partial charge in [0, 0.05) is 40.9 Å². The molecule has 0 bridgehead atoms. The first-order valence-corrected chi connectivity index (χ1v) is 10.8. The zero-order chi connectivity index (χ0) is 20.5. The zero-order valence-electron chi connectivity index (χ0n) is 16.9. The molecule has 0 saturated heterocycles. The van der Waals surface area contributed by atoms with Crippen LogP contribution in [-0.2, 0) is 6.54 Å². The van der Waals surface area contributed by atoms with E-state index in [1.807, 2.05) is 44.3 Å². The summed E-state index contributed by atoms with van der Waals surface area (Å²) < 4.78 is 6.01. The summed E-state index contributed by atoms with van der Waals surface area (Å²) in [6.07, 6.45) is 4.77. The molecule has 8 heteroatoms. The maximum absolute atomic E-state index is 6.01. The second kappa shape index (κ2) is 7.95. The highest BCUT2D eigenvalue weighted by atomic mass is 32.1. The Morgan fingerprint density at radius 2 is 2.03 bits per heavy atom. The van der Waals surface area contributed by atoms with Gasteiger partial charge in [-0.1, -0.05) is 0 Å². The minimum Gasteiger partial charge on any atom is -0.477 e. The van der Waals surface area contributed by atoms with E-state index < -0.39 is 0 Å². The van der Waals surface area contributed by atoms with Gasteiger partial charge in [-0.05, 0) is 44.5 Å². The van der Waals surface area contributed by atoms with E-state index in [4.69, 9.17) is 9.72 Å². The van der Waals surface area contributed by atoms with Crippen molar-refractivity contribution in [3.8, 4) is 5.88 Å². The van der Waals surface area contributed by atoms with Crippen molar-refractivity contribution >= 4 is 28.2 Å². The smallest absolute Gasteiger partial charge is 0.218 e. The number of rotatable bonds is 7. The number of aryl methyl sites for hydroxylation is 2. The topological polar surface area (TPSA) is 85.7 Å². The molecule has 7 nitrogen and oxygen atoms in total. The van der Waals surface area contributed by atoms with Crippen LogP contribution in [0.4, 0.5) is 5.82 Å². The van der Waals surface area contributed by atoms with Gasteiger partial charge in [0.1, 0.15) is 11.6 Å². The molecule has 0 radical (unpaired) electrons. The molecule has 0 amide bonds. The van der Waals surface area contributed by atoms with E-state index in [2.05, 4.69) is 31.3 Å². The zero-order valence-corrected chi connectivity index (χ0v) is 17.7. The molecule has 0 aliphatic heterocycles. The average molecular weight is 419 g/mol. The predicted octanol–water partition coefficient (Wildman–Crippen LogP) is 4.29. The first-order valence-electron chi connectivity index (χ1n) is 9.99. The van der Waals surface area contributed by atoms with Crippen molar-refractivity contribution < 1.29 is 4.74 Å². The molecule has 1 N–H and O–H groups in total. The summed E-state index contributed by atoms with van der Waals surface area (Å²) in [6, 6.07) is 9.91. The van der Waals surface area contributed by atoms with Crippen LogP contribution < -0.4 is 10.1 Å². The van der Waals surface area contributed by atoms with Gasteiger partial charge in [0.05, 0.1) is 29.2 Å². The van der Waals surface area contributed by atoms with Crippen molar-refractivity contribution in [2.24, 2.45) is 5.92 Å². The van der Waals surface area contributed by atoms with Gasteiger partial charge in [-0.25, -0.2) is 9.97 Å². The number of nitrogens with one attached hydrogen (secondary N) is 1. The summed E-state index contributed by atoms with van der Waals surface area (Å²) in [4.78, 5) is 23.4. The van der Waals surface area contributed by atoms with E-state index in [1.54, 1.807) is 17.5 Å². The van der Waals surface area contributed by atoms with Gasteiger partial charge >= 0.3 is 0 Å². The third-order valence-electron chi connectivity index (χ3n) is 5.15. The lowest BCUT2D eigenvalue weighted by Gasteiger charge is -2.09. The molecule has 2 atom stereocenters. The summed E-state index contributed by atoms with van der Waals surface area (Å²) in [5, 5.41) is 4.39.